The summed E-state index contributed by atoms with van der Waals surface area (Å²) < 4.78 is 14.8. The topological polar surface area (TPSA) is 31.4 Å². The molecule has 3 aliphatic carbocycles. The summed E-state index contributed by atoms with van der Waals surface area (Å²) in [5.41, 5.74) is 9.91. The summed E-state index contributed by atoms with van der Waals surface area (Å²) >= 11 is 0. The molecular formula is C36H53NO2Si. The number of hydrogen-bond acceptors (Lipinski definition) is 3. The van der Waals surface area contributed by atoms with E-state index in [1.165, 1.54) is 64.9 Å². The van der Waals surface area contributed by atoms with Crippen molar-refractivity contribution in [1.29, 1.82) is 0 Å². The summed E-state index contributed by atoms with van der Waals surface area (Å²) in [6.07, 6.45) is 9.39. The van der Waals surface area contributed by atoms with Crippen LogP contribution in [-0.4, -0.2) is 13.3 Å². The van der Waals surface area contributed by atoms with Gasteiger partial charge in [0.1, 0.15) is 6.10 Å². The van der Waals surface area contributed by atoms with Crippen LogP contribution in [0, 0.1) is 5.41 Å². The molecule has 2 unspecified atom stereocenters. The monoisotopic (exact) mass is 559 g/mol. The summed E-state index contributed by atoms with van der Waals surface area (Å²) in [7, 11) is -2.01. The van der Waals surface area contributed by atoms with Crippen LogP contribution in [0.2, 0.25) is 18.1 Å². The molecular weight excluding hydrogens is 506 g/mol. The first kappa shape index (κ1) is 28.6. The van der Waals surface area contributed by atoms with Crippen molar-refractivity contribution in [2.24, 2.45) is 5.41 Å². The summed E-state index contributed by atoms with van der Waals surface area (Å²) in [5, 5.41) is 0.160. The third kappa shape index (κ3) is 4.65. The lowest BCUT2D eigenvalue weighted by Gasteiger charge is -2.45. The van der Waals surface area contributed by atoms with E-state index in [0.717, 1.165) is 25.7 Å². The van der Waals surface area contributed by atoms with Crippen LogP contribution in [0.1, 0.15) is 158 Å². The fourth-order valence-corrected chi connectivity index (χ4v) is 8.82. The molecule has 0 radical (unpaired) electrons. The Labute approximate surface area is 245 Å². The lowest BCUT2D eigenvalue weighted by atomic mass is 9.70. The summed E-state index contributed by atoms with van der Waals surface area (Å²) in [6, 6.07) is 9.46. The number of nitrogens with zero attached hydrogens (tertiary/aromatic N) is 1. The Morgan fingerprint density at radius 1 is 0.950 bits per heavy atom. The second kappa shape index (κ2) is 9.25. The molecule has 4 heteroatoms. The summed E-state index contributed by atoms with van der Waals surface area (Å²) in [5.74, 6) is 0.344. The van der Waals surface area contributed by atoms with Gasteiger partial charge in [0.2, 0.25) is 0 Å². The summed E-state index contributed by atoms with van der Waals surface area (Å²) in [4.78, 5) is 5.58. The molecule has 40 heavy (non-hydrogen) atoms. The average molecular weight is 560 g/mol. The van der Waals surface area contributed by atoms with Crippen molar-refractivity contribution in [2.45, 2.75) is 154 Å². The van der Waals surface area contributed by atoms with Crippen LogP contribution in [0.4, 0.5) is 0 Å². The number of ether oxygens (including phenoxy) is 1. The average Bonchev–Trinajstić information content (AvgIpc) is 3.29. The Hall–Kier alpha value is -1.49. The first-order valence-corrected chi connectivity index (χ1v) is 19.0. The molecule has 4 aliphatic rings. The largest absolute Gasteiger partial charge is 0.410 e. The molecule has 0 bridgehead atoms. The van der Waals surface area contributed by atoms with Gasteiger partial charge in [-0.3, -0.25) is 4.98 Å². The van der Waals surface area contributed by atoms with Gasteiger partial charge in [-0.25, -0.2) is 0 Å². The van der Waals surface area contributed by atoms with Crippen LogP contribution in [0.5, 0.6) is 0 Å². The number of hydrogen-bond donors (Lipinski definition) is 0. The normalized spacial score (nSPS) is 26.3. The van der Waals surface area contributed by atoms with Gasteiger partial charge < -0.3 is 9.16 Å². The zero-order chi connectivity index (χ0) is 28.9. The molecule has 3 nitrogen and oxygen atoms in total. The number of pyridine rings is 1. The first-order valence-electron chi connectivity index (χ1n) is 16.1. The molecule has 2 heterocycles. The zero-order valence-corrected chi connectivity index (χ0v) is 28.0. The minimum atomic E-state index is -2.01. The fourth-order valence-electron chi connectivity index (χ4n) is 7.55. The van der Waals surface area contributed by atoms with Crippen molar-refractivity contribution in [2.75, 3.05) is 0 Å². The van der Waals surface area contributed by atoms with E-state index < -0.39 is 8.32 Å². The van der Waals surface area contributed by atoms with Gasteiger partial charge in [-0.05, 0) is 90.1 Å². The predicted octanol–water partition coefficient (Wildman–Crippen LogP) is 10.2. The van der Waals surface area contributed by atoms with Crippen LogP contribution >= 0.6 is 0 Å². The van der Waals surface area contributed by atoms with Crippen molar-refractivity contribution >= 4 is 8.32 Å². The van der Waals surface area contributed by atoms with Crippen LogP contribution in [0.3, 0.4) is 0 Å². The third-order valence-electron chi connectivity index (χ3n) is 11.3. The second-order valence-corrected chi connectivity index (χ2v) is 21.4. The van der Waals surface area contributed by atoms with Gasteiger partial charge in [-0.2, -0.15) is 0 Å². The maximum Gasteiger partial charge on any atom is 0.192 e. The highest BCUT2D eigenvalue weighted by molar-refractivity contribution is 6.74. The van der Waals surface area contributed by atoms with Gasteiger partial charge in [-0.15, -0.1) is 0 Å². The molecule has 0 saturated heterocycles. The highest BCUT2D eigenvalue weighted by Gasteiger charge is 2.54. The first-order chi connectivity index (χ1) is 18.6. The molecule has 2 atom stereocenters. The summed E-state index contributed by atoms with van der Waals surface area (Å²) in [6.45, 7) is 23.8. The van der Waals surface area contributed by atoms with Crippen LogP contribution in [0.25, 0.3) is 0 Å². The Kier molecular flexibility index (Phi) is 6.62. The van der Waals surface area contributed by atoms with Crippen molar-refractivity contribution in [3.8, 4) is 0 Å². The lowest BCUT2D eigenvalue weighted by Crippen LogP contribution is -2.44. The molecule has 2 fully saturated rings. The van der Waals surface area contributed by atoms with E-state index >= 15 is 0 Å². The Morgan fingerprint density at radius 3 is 2.12 bits per heavy atom. The van der Waals surface area contributed by atoms with E-state index in [4.69, 9.17) is 14.1 Å². The molecule has 1 aliphatic heterocycles. The molecule has 2 aromatic rings. The maximum absolute atomic E-state index is 7.38. The smallest absolute Gasteiger partial charge is 0.192 e. The molecule has 1 spiro atoms. The third-order valence-corrected chi connectivity index (χ3v) is 15.7. The van der Waals surface area contributed by atoms with Gasteiger partial charge in [0.25, 0.3) is 0 Å². The van der Waals surface area contributed by atoms with Gasteiger partial charge in [0.15, 0.2) is 8.32 Å². The van der Waals surface area contributed by atoms with E-state index in [0.29, 0.717) is 11.3 Å². The van der Waals surface area contributed by atoms with Crippen molar-refractivity contribution in [3.63, 3.8) is 0 Å². The van der Waals surface area contributed by atoms with E-state index in [9.17, 15) is 0 Å². The van der Waals surface area contributed by atoms with E-state index in [1.807, 2.05) is 0 Å². The van der Waals surface area contributed by atoms with Gasteiger partial charge in [-0.1, -0.05) is 92.5 Å². The Morgan fingerprint density at radius 2 is 1.57 bits per heavy atom. The van der Waals surface area contributed by atoms with E-state index in [2.05, 4.69) is 92.7 Å². The van der Waals surface area contributed by atoms with Crippen molar-refractivity contribution in [3.05, 3.63) is 63.5 Å². The molecule has 6 rings (SSSR count). The zero-order valence-electron chi connectivity index (χ0n) is 27.0. The van der Waals surface area contributed by atoms with Gasteiger partial charge in [0.05, 0.1) is 11.7 Å². The molecule has 0 N–H and O–H groups in total. The minimum Gasteiger partial charge on any atom is -0.410 e. The highest BCUT2D eigenvalue weighted by Crippen LogP contribution is 2.60. The molecule has 0 amide bonds. The standard InChI is InChI=1S/C36H53NO2Si/c1-23(2)31-29-30(28-26(37-31)21-34(6,7)22-27(28)39-40(9,10)33(3,4)5)36(17-11-12-18-36)38-32(29)24-13-15-25(16-14-24)35(8)19-20-35/h13-16,23,27,32H,11-12,17-22H2,1-10H3. The number of benzene rings is 1. The quantitative estimate of drug-likeness (QED) is 0.342. The molecule has 1 aromatic carbocycles. The van der Waals surface area contributed by atoms with Crippen molar-refractivity contribution < 1.29 is 9.16 Å². The van der Waals surface area contributed by atoms with Crippen LogP contribution < -0.4 is 0 Å². The molecule has 1 aromatic heterocycles. The second-order valence-electron chi connectivity index (χ2n) is 16.6. The highest BCUT2D eigenvalue weighted by atomic mass is 28.4. The van der Waals surface area contributed by atoms with Crippen LogP contribution in [0.15, 0.2) is 24.3 Å². The van der Waals surface area contributed by atoms with Gasteiger partial charge in [0, 0.05) is 22.5 Å². The van der Waals surface area contributed by atoms with Crippen LogP contribution in [-0.2, 0) is 26.6 Å². The van der Waals surface area contributed by atoms with Crippen molar-refractivity contribution in [1.82, 2.24) is 4.98 Å². The number of fused-ring (bicyclic) bond motifs is 4. The van der Waals surface area contributed by atoms with E-state index in [1.54, 1.807) is 0 Å². The van der Waals surface area contributed by atoms with E-state index in [-0.39, 0.29) is 28.3 Å². The molecule has 218 valence electrons. The van der Waals surface area contributed by atoms with Gasteiger partial charge >= 0.3 is 0 Å². The lowest BCUT2D eigenvalue weighted by molar-refractivity contribution is -0.0579. The number of aromatic nitrogens is 1. The fraction of sp³-hybridized carbons (Fsp3) is 0.694. The Bertz CT molecular complexity index is 1290. The predicted molar refractivity (Wildman–Crippen MR) is 168 cm³/mol. The Balaban J connectivity index is 1.56. The minimum absolute atomic E-state index is 0.0483. The maximum atomic E-state index is 7.38. The molecule has 2 saturated carbocycles. The number of rotatable bonds is 5. The SMILES string of the molecule is CC(C)c1nc2c(c3c1C(c1ccc(C4(C)CC4)cc1)OC31CCCC1)C(O[Si](C)(C)C(C)(C)C)CC(C)(C)C2.